The van der Waals surface area contributed by atoms with E-state index in [1.54, 1.807) is 6.92 Å². The van der Waals surface area contributed by atoms with E-state index in [9.17, 15) is 14.3 Å². The molecule has 0 aliphatic heterocycles. The van der Waals surface area contributed by atoms with Crippen molar-refractivity contribution in [1.29, 1.82) is 0 Å². The summed E-state index contributed by atoms with van der Waals surface area (Å²) >= 11 is 0. The molecule has 7 heteroatoms. The van der Waals surface area contributed by atoms with E-state index in [0.29, 0.717) is 23.8 Å². The quantitative estimate of drug-likeness (QED) is 0.811. The third-order valence-electron chi connectivity index (χ3n) is 4.07. The number of aromatic nitrogens is 2. The first-order valence-electron chi connectivity index (χ1n) is 8.08. The molecule has 2 N–H and O–H groups in total. The molecule has 0 spiro atoms. The van der Waals surface area contributed by atoms with Crippen molar-refractivity contribution in [3.63, 3.8) is 0 Å². The first-order chi connectivity index (χ1) is 11.5. The summed E-state index contributed by atoms with van der Waals surface area (Å²) in [7, 11) is 0. The standard InChI is InChI=1S/C17H20FN3O3/c1-10(16(23)11-4-6-13(18)7-5-11)19-14(22)8-9-15-20-17(21-24-15)12-2-3-12/h4-7,10,12,16,23H,2-3,8-9H2,1H3,(H,19,22). The van der Waals surface area contributed by atoms with Gasteiger partial charge in [0.15, 0.2) is 5.82 Å². The van der Waals surface area contributed by atoms with Crippen LogP contribution in [0.2, 0.25) is 0 Å². The van der Waals surface area contributed by atoms with Crippen molar-refractivity contribution in [3.8, 4) is 0 Å². The van der Waals surface area contributed by atoms with E-state index < -0.39 is 12.1 Å². The number of aryl methyl sites for hydroxylation is 1. The van der Waals surface area contributed by atoms with Crippen LogP contribution in [0.3, 0.4) is 0 Å². The second-order valence-corrected chi connectivity index (χ2v) is 6.17. The van der Waals surface area contributed by atoms with Crippen LogP contribution in [0.4, 0.5) is 4.39 Å². The molecule has 2 aromatic rings. The monoisotopic (exact) mass is 333 g/mol. The molecular formula is C17H20FN3O3. The lowest BCUT2D eigenvalue weighted by Gasteiger charge is -2.20. The Morgan fingerprint density at radius 3 is 2.79 bits per heavy atom. The third-order valence-corrected chi connectivity index (χ3v) is 4.07. The Morgan fingerprint density at radius 1 is 1.42 bits per heavy atom. The predicted molar refractivity (Wildman–Crippen MR) is 83.6 cm³/mol. The molecule has 1 aliphatic carbocycles. The Kier molecular flexibility index (Phi) is 4.89. The van der Waals surface area contributed by atoms with Gasteiger partial charge in [-0.2, -0.15) is 4.98 Å². The number of halogens is 1. The number of carbonyl (C=O) groups excluding carboxylic acids is 1. The first kappa shape index (κ1) is 16.6. The maximum atomic E-state index is 12.9. The zero-order chi connectivity index (χ0) is 17.1. The maximum absolute atomic E-state index is 12.9. The lowest BCUT2D eigenvalue weighted by molar-refractivity contribution is -0.122. The molecule has 6 nitrogen and oxygen atoms in total. The van der Waals surface area contributed by atoms with Crippen molar-refractivity contribution in [2.24, 2.45) is 0 Å². The van der Waals surface area contributed by atoms with Gasteiger partial charge in [0.2, 0.25) is 11.8 Å². The van der Waals surface area contributed by atoms with Crippen LogP contribution < -0.4 is 5.32 Å². The molecule has 0 saturated heterocycles. The second-order valence-electron chi connectivity index (χ2n) is 6.17. The molecule has 2 atom stereocenters. The van der Waals surface area contributed by atoms with Gasteiger partial charge < -0.3 is 14.9 Å². The maximum Gasteiger partial charge on any atom is 0.227 e. The van der Waals surface area contributed by atoms with Crippen LogP contribution in [0.5, 0.6) is 0 Å². The van der Waals surface area contributed by atoms with Gasteiger partial charge in [0.05, 0.1) is 12.1 Å². The van der Waals surface area contributed by atoms with Gasteiger partial charge in [0, 0.05) is 18.8 Å². The van der Waals surface area contributed by atoms with E-state index in [2.05, 4.69) is 15.5 Å². The molecule has 128 valence electrons. The van der Waals surface area contributed by atoms with Crippen molar-refractivity contribution in [2.45, 2.75) is 50.7 Å². The summed E-state index contributed by atoms with van der Waals surface area (Å²) in [6, 6.07) is 5.06. The largest absolute Gasteiger partial charge is 0.386 e. The molecule has 3 rings (SSSR count). The van der Waals surface area contributed by atoms with Crippen molar-refractivity contribution >= 4 is 5.91 Å². The van der Waals surface area contributed by atoms with E-state index in [4.69, 9.17) is 4.52 Å². The minimum absolute atomic E-state index is 0.201. The number of nitrogens with zero attached hydrogens (tertiary/aromatic N) is 2. The molecular weight excluding hydrogens is 313 g/mol. The Hall–Kier alpha value is -2.28. The van der Waals surface area contributed by atoms with Crippen LogP contribution in [0.25, 0.3) is 0 Å². The van der Waals surface area contributed by atoms with Crippen molar-refractivity contribution < 1.29 is 18.8 Å². The average molecular weight is 333 g/mol. The van der Waals surface area contributed by atoms with Gasteiger partial charge in [-0.25, -0.2) is 4.39 Å². The summed E-state index contributed by atoms with van der Waals surface area (Å²) < 4.78 is 18.0. The Morgan fingerprint density at radius 2 is 2.12 bits per heavy atom. The molecule has 1 saturated carbocycles. The fourth-order valence-electron chi connectivity index (χ4n) is 2.45. The van der Waals surface area contributed by atoms with E-state index in [1.807, 2.05) is 0 Å². The number of benzene rings is 1. The summed E-state index contributed by atoms with van der Waals surface area (Å²) in [5, 5.41) is 16.8. The SMILES string of the molecule is CC(NC(=O)CCc1nc(C2CC2)no1)C(O)c1ccc(F)cc1. The van der Waals surface area contributed by atoms with Gasteiger partial charge in [0.1, 0.15) is 5.82 Å². The minimum Gasteiger partial charge on any atom is -0.386 e. The molecule has 0 radical (unpaired) electrons. The highest BCUT2D eigenvalue weighted by molar-refractivity contribution is 5.76. The molecule has 1 aliphatic rings. The first-order valence-corrected chi connectivity index (χ1v) is 8.08. The van der Waals surface area contributed by atoms with Crippen molar-refractivity contribution in [2.75, 3.05) is 0 Å². The van der Waals surface area contributed by atoms with Gasteiger partial charge in [-0.05, 0) is 37.5 Å². The highest BCUT2D eigenvalue weighted by Gasteiger charge is 2.28. The minimum atomic E-state index is -0.903. The highest BCUT2D eigenvalue weighted by Crippen LogP contribution is 2.38. The predicted octanol–water partition coefficient (Wildman–Crippen LogP) is 2.26. The molecule has 0 bridgehead atoms. The summed E-state index contributed by atoms with van der Waals surface area (Å²) in [4.78, 5) is 16.3. The number of hydrogen-bond acceptors (Lipinski definition) is 5. The molecule has 2 unspecified atom stereocenters. The molecule has 24 heavy (non-hydrogen) atoms. The zero-order valence-corrected chi connectivity index (χ0v) is 13.4. The number of rotatable bonds is 7. The van der Waals surface area contributed by atoms with Gasteiger partial charge in [-0.3, -0.25) is 4.79 Å². The fraction of sp³-hybridized carbons (Fsp3) is 0.471. The number of aliphatic hydroxyl groups excluding tert-OH is 1. The second kappa shape index (κ2) is 7.09. The Bertz CT molecular complexity index is 697. The highest BCUT2D eigenvalue weighted by atomic mass is 19.1. The summed E-state index contributed by atoms with van der Waals surface area (Å²) in [5.74, 6) is 1.02. The van der Waals surface area contributed by atoms with Crippen LogP contribution in [0, 0.1) is 5.82 Å². The summed E-state index contributed by atoms with van der Waals surface area (Å²) in [6.07, 6.45) is 1.85. The number of aliphatic hydroxyl groups is 1. The van der Waals surface area contributed by atoms with Gasteiger partial charge in [-0.15, -0.1) is 0 Å². The molecule has 1 amide bonds. The van der Waals surface area contributed by atoms with E-state index in [0.717, 1.165) is 18.7 Å². The van der Waals surface area contributed by atoms with E-state index >= 15 is 0 Å². The van der Waals surface area contributed by atoms with Crippen molar-refractivity contribution in [3.05, 3.63) is 47.4 Å². The van der Waals surface area contributed by atoms with Crippen LogP contribution in [-0.2, 0) is 11.2 Å². The van der Waals surface area contributed by atoms with E-state index in [1.165, 1.54) is 24.3 Å². The zero-order valence-electron chi connectivity index (χ0n) is 13.4. The molecule has 1 aromatic heterocycles. The number of carbonyl (C=O) groups is 1. The molecule has 1 aromatic carbocycles. The summed E-state index contributed by atoms with van der Waals surface area (Å²) in [5.41, 5.74) is 0.551. The average Bonchev–Trinajstić information content (AvgIpc) is 3.31. The number of amides is 1. The lowest BCUT2D eigenvalue weighted by Crippen LogP contribution is -2.37. The fourth-order valence-corrected chi connectivity index (χ4v) is 2.45. The van der Waals surface area contributed by atoms with Crippen LogP contribution >= 0.6 is 0 Å². The van der Waals surface area contributed by atoms with Gasteiger partial charge >= 0.3 is 0 Å². The normalized spacial score (nSPS) is 16.6. The van der Waals surface area contributed by atoms with Crippen LogP contribution in [-0.4, -0.2) is 27.2 Å². The number of nitrogens with one attached hydrogen (secondary N) is 1. The van der Waals surface area contributed by atoms with Crippen molar-refractivity contribution in [1.82, 2.24) is 15.5 Å². The van der Waals surface area contributed by atoms with Crippen LogP contribution in [0.15, 0.2) is 28.8 Å². The molecule has 1 fully saturated rings. The lowest BCUT2D eigenvalue weighted by atomic mass is 10.0. The summed E-state index contributed by atoms with van der Waals surface area (Å²) in [6.45, 7) is 1.70. The topological polar surface area (TPSA) is 88.3 Å². The Labute approximate surface area is 139 Å². The number of hydrogen-bond donors (Lipinski definition) is 2. The van der Waals surface area contributed by atoms with Crippen LogP contribution in [0.1, 0.15) is 55.5 Å². The smallest absolute Gasteiger partial charge is 0.227 e. The molecule has 1 heterocycles. The van der Waals surface area contributed by atoms with Gasteiger partial charge in [0.25, 0.3) is 0 Å². The third kappa shape index (κ3) is 4.17. The van der Waals surface area contributed by atoms with Gasteiger partial charge in [-0.1, -0.05) is 17.3 Å². The van der Waals surface area contributed by atoms with E-state index in [-0.39, 0.29) is 18.1 Å². The Balaban J connectivity index is 1.47.